The van der Waals surface area contributed by atoms with Gasteiger partial charge >= 0.3 is 0 Å². The third-order valence-corrected chi connectivity index (χ3v) is 4.91. The van der Waals surface area contributed by atoms with Crippen LogP contribution in [0.4, 0.5) is 14.6 Å². The van der Waals surface area contributed by atoms with Gasteiger partial charge in [0.1, 0.15) is 0 Å². The van der Waals surface area contributed by atoms with Gasteiger partial charge in [0.15, 0.2) is 17.5 Å². The number of nitrogens with zero attached hydrogens (tertiary/aromatic N) is 1. The van der Waals surface area contributed by atoms with Crippen molar-refractivity contribution in [2.24, 2.45) is 5.14 Å². The number of benzene rings is 2. The summed E-state index contributed by atoms with van der Waals surface area (Å²) in [7, 11) is -3.76. The number of sulfonamides is 1. The van der Waals surface area contributed by atoms with Gasteiger partial charge in [-0.2, -0.15) is 5.10 Å². The second-order valence-corrected chi connectivity index (χ2v) is 7.57. The third kappa shape index (κ3) is 4.59. The summed E-state index contributed by atoms with van der Waals surface area (Å²) >= 11 is 0. The summed E-state index contributed by atoms with van der Waals surface area (Å²) in [5, 5.41) is 14.0. The highest BCUT2D eigenvalue weighted by Gasteiger charge is 2.13. The highest BCUT2D eigenvalue weighted by Crippen LogP contribution is 2.24. The Morgan fingerprint density at radius 3 is 2.54 bits per heavy atom. The lowest BCUT2D eigenvalue weighted by atomic mass is 10.1. The lowest BCUT2D eigenvalue weighted by molar-refractivity contribution is -0.116. The van der Waals surface area contributed by atoms with Crippen LogP contribution >= 0.6 is 0 Å². The molecule has 0 saturated carbocycles. The zero-order valence-electron chi connectivity index (χ0n) is 14.4. The molecule has 4 N–H and O–H groups in total. The Morgan fingerprint density at radius 2 is 1.86 bits per heavy atom. The first kappa shape index (κ1) is 19.6. The van der Waals surface area contributed by atoms with Gasteiger partial charge in [-0.25, -0.2) is 22.3 Å². The molecule has 0 aliphatic heterocycles. The maximum absolute atomic E-state index is 13.8. The highest BCUT2D eigenvalue weighted by atomic mass is 32.2. The topological polar surface area (TPSA) is 118 Å². The van der Waals surface area contributed by atoms with E-state index in [0.717, 1.165) is 11.6 Å². The average molecular weight is 406 g/mol. The van der Waals surface area contributed by atoms with Crippen molar-refractivity contribution in [3.05, 3.63) is 65.7 Å². The van der Waals surface area contributed by atoms with Crippen molar-refractivity contribution >= 4 is 21.7 Å². The van der Waals surface area contributed by atoms with E-state index >= 15 is 0 Å². The van der Waals surface area contributed by atoms with Crippen molar-refractivity contribution in [3.8, 4) is 11.3 Å². The van der Waals surface area contributed by atoms with Gasteiger partial charge in [0.2, 0.25) is 15.9 Å². The average Bonchev–Trinajstić information content (AvgIpc) is 3.10. The predicted octanol–water partition coefficient (Wildman–Crippen LogP) is 2.57. The number of carbonyl (C=O) groups is 1. The van der Waals surface area contributed by atoms with Gasteiger partial charge < -0.3 is 5.32 Å². The number of aryl methyl sites for hydroxylation is 1. The number of nitrogens with two attached hydrogens (primary N) is 1. The molecule has 1 amide bonds. The fourth-order valence-electron chi connectivity index (χ4n) is 2.54. The summed E-state index contributed by atoms with van der Waals surface area (Å²) in [6.45, 7) is 0. The van der Waals surface area contributed by atoms with E-state index in [0.29, 0.717) is 6.42 Å². The van der Waals surface area contributed by atoms with Gasteiger partial charge in [0, 0.05) is 18.1 Å². The van der Waals surface area contributed by atoms with E-state index in [1.54, 1.807) is 12.1 Å². The second-order valence-electron chi connectivity index (χ2n) is 6.01. The Hall–Kier alpha value is -3.11. The molecule has 2 aromatic carbocycles. The van der Waals surface area contributed by atoms with Crippen LogP contribution in [0.2, 0.25) is 0 Å². The van der Waals surface area contributed by atoms with E-state index < -0.39 is 21.7 Å². The quantitative estimate of drug-likeness (QED) is 0.583. The van der Waals surface area contributed by atoms with E-state index in [1.807, 2.05) is 0 Å². The molecule has 10 heteroatoms. The Balaban J connectivity index is 1.60. The van der Waals surface area contributed by atoms with Crippen molar-refractivity contribution < 1.29 is 22.0 Å². The number of aromatic nitrogens is 2. The third-order valence-electron chi connectivity index (χ3n) is 3.98. The number of carbonyl (C=O) groups excluding carboxylic acids is 1. The van der Waals surface area contributed by atoms with Crippen LogP contribution in [0.5, 0.6) is 0 Å². The first-order chi connectivity index (χ1) is 13.2. The maximum atomic E-state index is 13.8. The normalized spacial score (nSPS) is 11.4. The lowest BCUT2D eigenvalue weighted by Crippen LogP contribution is -2.13. The molecule has 28 heavy (non-hydrogen) atoms. The molecule has 3 aromatic rings. The SMILES string of the molecule is NS(=O)(=O)c1ccc(CCC(=O)Nc2cc(-c3cccc(F)c3F)[nH]n2)cc1. The van der Waals surface area contributed by atoms with Gasteiger partial charge in [-0.3, -0.25) is 9.89 Å². The number of aromatic amines is 1. The van der Waals surface area contributed by atoms with E-state index in [2.05, 4.69) is 15.5 Å². The minimum absolute atomic E-state index is 0.00273. The van der Waals surface area contributed by atoms with Crippen LogP contribution < -0.4 is 10.5 Å². The van der Waals surface area contributed by atoms with Crippen molar-refractivity contribution in [3.63, 3.8) is 0 Å². The Bertz CT molecular complexity index is 1110. The van der Waals surface area contributed by atoms with Crippen LogP contribution in [0.25, 0.3) is 11.3 Å². The van der Waals surface area contributed by atoms with E-state index in [4.69, 9.17) is 5.14 Å². The Labute approximate surface area is 159 Å². The molecule has 0 aliphatic carbocycles. The van der Waals surface area contributed by atoms with Crippen LogP contribution in [0.3, 0.4) is 0 Å². The van der Waals surface area contributed by atoms with Crippen LogP contribution in [0.1, 0.15) is 12.0 Å². The molecular weight excluding hydrogens is 390 g/mol. The molecule has 0 bridgehead atoms. The smallest absolute Gasteiger partial charge is 0.238 e. The van der Waals surface area contributed by atoms with Crippen LogP contribution in [0.15, 0.2) is 53.4 Å². The fraction of sp³-hybridized carbons (Fsp3) is 0.111. The minimum Gasteiger partial charge on any atom is -0.309 e. The number of hydrogen-bond acceptors (Lipinski definition) is 4. The molecule has 0 fully saturated rings. The number of nitrogens with one attached hydrogen (secondary N) is 2. The molecule has 0 aliphatic rings. The summed E-state index contributed by atoms with van der Waals surface area (Å²) in [5.74, 6) is -2.15. The Morgan fingerprint density at radius 1 is 1.14 bits per heavy atom. The maximum Gasteiger partial charge on any atom is 0.238 e. The zero-order chi connectivity index (χ0) is 20.3. The molecular formula is C18H16F2N4O3S. The second kappa shape index (κ2) is 7.87. The summed E-state index contributed by atoms with van der Waals surface area (Å²) < 4.78 is 49.6. The first-order valence-corrected chi connectivity index (χ1v) is 9.70. The molecule has 0 atom stereocenters. The minimum atomic E-state index is -3.76. The fourth-order valence-corrected chi connectivity index (χ4v) is 3.06. The molecule has 0 saturated heterocycles. The number of amides is 1. The van der Waals surface area contributed by atoms with Crippen molar-refractivity contribution in [1.82, 2.24) is 10.2 Å². The van der Waals surface area contributed by atoms with Gasteiger partial charge in [-0.05, 0) is 36.2 Å². The van der Waals surface area contributed by atoms with E-state index in [1.165, 1.54) is 30.3 Å². The standard InChI is InChI=1S/C18H16F2N4O3S/c19-14-3-1-2-13(18(14)20)15-10-16(24-23-15)22-17(25)9-6-11-4-7-12(8-5-11)28(21,26)27/h1-5,7-8,10H,6,9H2,(H2,21,26,27)(H2,22,23,24,25). The summed E-state index contributed by atoms with van der Waals surface area (Å²) in [6, 6.07) is 11.1. The van der Waals surface area contributed by atoms with Crippen molar-refractivity contribution in [2.75, 3.05) is 5.32 Å². The Kier molecular flexibility index (Phi) is 5.52. The number of H-pyrrole nitrogens is 1. The molecule has 1 heterocycles. The summed E-state index contributed by atoms with van der Waals surface area (Å²) in [5.41, 5.74) is 0.987. The van der Waals surface area contributed by atoms with Gasteiger partial charge in [-0.15, -0.1) is 0 Å². The van der Waals surface area contributed by atoms with Gasteiger partial charge in [0.25, 0.3) is 0 Å². The van der Waals surface area contributed by atoms with E-state index in [-0.39, 0.29) is 34.3 Å². The number of anilines is 1. The summed E-state index contributed by atoms with van der Waals surface area (Å²) in [4.78, 5) is 12.1. The molecule has 3 rings (SSSR count). The van der Waals surface area contributed by atoms with Crippen LogP contribution in [0, 0.1) is 11.6 Å². The van der Waals surface area contributed by atoms with E-state index in [9.17, 15) is 22.0 Å². The zero-order valence-corrected chi connectivity index (χ0v) is 15.3. The first-order valence-electron chi connectivity index (χ1n) is 8.15. The molecule has 1 aromatic heterocycles. The molecule has 0 radical (unpaired) electrons. The molecule has 0 unspecified atom stereocenters. The highest BCUT2D eigenvalue weighted by molar-refractivity contribution is 7.89. The lowest BCUT2D eigenvalue weighted by Gasteiger charge is -2.04. The van der Waals surface area contributed by atoms with Crippen LogP contribution in [-0.2, 0) is 21.2 Å². The number of halogens is 2. The number of primary sulfonamides is 1. The molecule has 0 spiro atoms. The largest absolute Gasteiger partial charge is 0.309 e. The summed E-state index contributed by atoms with van der Waals surface area (Å²) in [6.07, 6.45) is 0.484. The van der Waals surface area contributed by atoms with Gasteiger partial charge in [-0.1, -0.05) is 18.2 Å². The number of rotatable bonds is 6. The van der Waals surface area contributed by atoms with Crippen LogP contribution in [-0.4, -0.2) is 24.5 Å². The predicted molar refractivity (Wildman–Crippen MR) is 98.7 cm³/mol. The number of hydrogen-bond donors (Lipinski definition) is 3. The van der Waals surface area contributed by atoms with Gasteiger partial charge in [0.05, 0.1) is 10.6 Å². The monoisotopic (exact) mass is 406 g/mol. The molecule has 7 nitrogen and oxygen atoms in total. The molecule has 146 valence electrons. The van der Waals surface area contributed by atoms with Crippen molar-refractivity contribution in [1.29, 1.82) is 0 Å². The van der Waals surface area contributed by atoms with Crippen molar-refractivity contribution in [2.45, 2.75) is 17.7 Å².